The van der Waals surface area contributed by atoms with Gasteiger partial charge in [-0.2, -0.15) is 0 Å². The van der Waals surface area contributed by atoms with E-state index in [0.29, 0.717) is 11.3 Å². The van der Waals surface area contributed by atoms with Gasteiger partial charge >= 0.3 is 0 Å². The van der Waals surface area contributed by atoms with Gasteiger partial charge in [0, 0.05) is 31.6 Å². The van der Waals surface area contributed by atoms with E-state index in [1.54, 1.807) is 36.5 Å². The third-order valence-electron chi connectivity index (χ3n) is 3.73. The lowest BCUT2D eigenvalue weighted by Gasteiger charge is -2.14. The van der Waals surface area contributed by atoms with Crippen LogP contribution in [0.3, 0.4) is 0 Å². The molecule has 0 aliphatic heterocycles. The highest BCUT2D eigenvalue weighted by Crippen LogP contribution is 2.29. The van der Waals surface area contributed by atoms with Crippen LogP contribution >= 0.6 is 0 Å². The molecule has 0 bridgehead atoms. The summed E-state index contributed by atoms with van der Waals surface area (Å²) in [6, 6.07) is 16.3. The van der Waals surface area contributed by atoms with E-state index in [-0.39, 0.29) is 11.5 Å². The summed E-state index contributed by atoms with van der Waals surface area (Å²) >= 11 is 0. The van der Waals surface area contributed by atoms with E-state index in [9.17, 15) is 10.2 Å². The molecule has 0 unspecified atom stereocenters. The number of phenolic OH excluding ortho intramolecular Hbond substituents is 2. The van der Waals surface area contributed by atoms with E-state index in [2.05, 4.69) is 4.99 Å². The van der Waals surface area contributed by atoms with Crippen molar-refractivity contribution in [3.8, 4) is 11.5 Å². The molecule has 3 aromatic carbocycles. The van der Waals surface area contributed by atoms with Crippen molar-refractivity contribution in [2.24, 2.45) is 4.99 Å². The SMILES string of the molecule is CN(C)c1ccc2ccc(O)c(C=Nc3ccc(O)cc3)c2c1. The first-order valence-electron chi connectivity index (χ1n) is 7.31. The molecule has 0 spiro atoms. The largest absolute Gasteiger partial charge is 0.508 e. The summed E-state index contributed by atoms with van der Waals surface area (Å²) in [6.07, 6.45) is 1.66. The number of hydrogen-bond acceptors (Lipinski definition) is 4. The number of rotatable bonds is 3. The molecule has 4 nitrogen and oxygen atoms in total. The van der Waals surface area contributed by atoms with Crippen molar-refractivity contribution in [2.45, 2.75) is 0 Å². The van der Waals surface area contributed by atoms with E-state index in [0.717, 1.165) is 16.5 Å². The van der Waals surface area contributed by atoms with Crippen molar-refractivity contribution in [3.63, 3.8) is 0 Å². The zero-order chi connectivity index (χ0) is 16.4. The molecule has 0 aromatic heterocycles. The normalized spacial score (nSPS) is 11.2. The Hall–Kier alpha value is -3.01. The number of nitrogens with zero attached hydrogens (tertiary/aromatic N) is 2. The molecule has 0 radical (unpaired) electrons. The molecule has 116 valence electrons. The van der Waals surface area contributed by atoms with Gasteiger partial charge in [-0.1, -0.05) is 12.1 Å². The molecule has 3 aromatic rings. The van der Waals surface area contributed by atoms with Gasteiger partial charge in [-0.05, 0) is 53.2 Å². The standard InChI is InChI=1S/C19H18N2O2/c1-21(2)15-7-3-13-4-10-19(23)18(17(13)11-15)12-20-14-5-8-16(22)9-6-14/h3-12,22-23H,1-2H3. The van der Waals surface area contributed by atoms with Crippen molar-refractivity contribution in [2.75, 3.05) is 19.0 Å². The molecule has 0 saturated heterocycles. The van der Waals surface area contributed by atoms with Crippen LogP contribution in [0, 0.1) is 0 Å². The second kappa shape index (κ2) is 6.01. The van der Waals surface area contributed by atoms with E-state index >= 15 is 0 Å². The van der Waals surface area contributed by atoms with Crippen molar-refractivity contribution in [1.82, 2.24) is 0 Å². The molecule has 0 fully saturated rings. The summed E-state index contributed by atoms with van der Waals surface area (Å²) in [5.41, 5.74) is 2.45. The van der Waals surface area contributed by atoms with Gasteiger partial charge in [0.1, 0.15) is 11.5 Å². The molecule has 3 rings (SSSR count). The fourth-order valence-electron chi connectivity index (χ4n) is 2.41. The minimum Gasteiger partial charge on any atom is -0.508 e. The van der Waals surface area contributed by atoms with Crippen LogP contribution in [0.5, 0.6) is 11.5 Å². The summed E-state index contributed by atoms with van der Waals surface area (Å²) < 4.78 is 0. The van der Waals surface area contributed by atoms with Crippen molar-refractivity contribution < 1.29 is 10.2 Å². The number of anilines is 1. The summed E-state index contributed by atoms with van der Waals surface area (Å²) in [6.45, 7) is 0. The molecule has 0 aliphatic carbocycles. The van der Waals surface area contributed by atoms with E-state index in [1.807, 2.05) is 43.3 Å². The van der Waals surface area contributed by atoms with Crippen LogP contribution in [0.2, 0.25) is 0 Å². The lowest BCUT2D eigenvalue weighted by molar-refractivity contribution is 0.474. The zero-order valence-corrected chi connectivity index (χ0v) is 13.1. The van der Waals surface area contributed by atoms with Crippen molar-refractivity contribution in [3.05, 3.63) is 60.2 Å². The molecular formula is C19H18N2O2. The summed E-state index contributed by atoms with van der Waals surface area (Å²) in [7, 11) is 3.96. The third kappa shape index (κ3) is 3.11. The Morgan fingerprint density at radius 1 is 0.913 bits per heavy atom. The van der Waals surface area contributed by atoms with E-state index < -0.39 is 0 Å². The first-order valence-corrected chi connectivity index (χ1v) is 7.31. The van der Waals surface area contributed by atoms with Gasteiger partial charge < -0.3 is 15.1 Å². The van der Waals surface area contributed by atoms with E-state index in [1.165, 1.54) is 0 Å². The minimum absolute atomic E-state index is 0.191. The topological polar surface area (TPSA) is 56.1 Å². The van der Waals surface area contributed by atoms with Crippen LogP contribution in [-0.2, 0) is 0 Å². The Kier molecular flexibility index (Phi) is 3.89. The van der Waals surface area contributed by atoms with Gasteiger partial charge in [-0.15, -0.1) is 0 Å². The Morgan fingerprint density at radius 2 is 1.61 bits per heavy atom. The van der Waals surface area contributed by atoms with Gasteiger partial charge in [0.2, 0.25) is 0 Å². The van der Waals surface area contributed by atoms with Gasteiger partial charge in [-0.3, -0.25) is 4.99 Å². The Morgan fingerprint density at radius 3 is 2.30 bits per heavy atom. The van der Waals surface area contributed by atoms with Gasteiger partial charge in [-0.25, -0.2) is 0 Å². The predicted molar refractivity (Wildman–Crippen MR) is 95.3 cm³/mol. The van der Waals surface area contributed by atoms with Gasteiger partial charge in [0.25, 0.3) is 0 Å². The number of benzene rings is 3. The Bertz CT molecular complexity index is 868. The molecule has 23 heavy (non-hydrogen) atoms. The van der Waals surface area contributed by atoms with Crippen molar-refractivity contribution >= 4 is 28.4 Å². The molecule has 2 N–H and O–H groups in total. The lowest BCUT2D eigenvalue weighted by atomic mass is 10.0. The molecule has 4 heteroatoms. The molecule has 0 amide bonds. The van der Waals surface area contributed by atoms with Crippen LogP contribution in [0.25, 0.3) is 10.8 Å². The summed E-state index contributed by atoms with van der Waals surface area (Å²) in [5.74, 6) is 0.392. The average Bonchev–Trinajstić information content (AvgIpc) is 2.55. The number of fused-ring (bicyclic) bond motifs is 1. The quantitative estimate of drug-likeness (QED) is 0.717. The number of phenols is 2. The fourth-order valence-corrected chi connectivity index (χ4v) is 2.41. The van der Waals surface area contributed by atoms with Crippen LogP contribution in [-0.4, -0.2) is 30.5 Å². The van der Waals surface area contributed by atoms with Crippen LogP contribution in [0.1, 0.15) is 5.56 Å². The molecule has 0 heterocycles. The zero-order valence-electron chi connectivity index (χ0n) is 13.1. The maximum Gasteiger partial charge on any atom is 0.124 e. The highest BCUT2D eigenvalue weighted by Gasteiger charge is 2.07. The number of aromatic hydroxyl groups is 2. The molecule has 0 saturated carbocycles. The molecular weight excluding hydrogens is 288 g/mol. The Labute approximate surface area is 135 Å². The molecule has 0 aliphatic rings. The maximum absolute atomic E-state index is 10.2. The Balaban J connectivity index is 2.09. The van der Waals surface area contributed by atoms with E-state index in [4.69, 9.17) is 0 Å². The molecule has 0 atom stereocenters. The highest BCUT2D eigenvalue weighted by atomic mass is 16.3. The number of hydrogen-bond donors (Lipinski definition) is 2. The predicted octanol–water partition coefficient (Wildman–Crippen LogP) is 4.07. The monoisotopic (exact) mass is 306 g/mol. The smallest absolute Gasteiger partial charge is 0.124 e. The first-order chi connectivity index (χ1) is 11.0. The highest BCUT2D eigenvalue weighted by molar-refractivity contribution is 6.04. The van der Waals surface area contributed by atoms with Crippen molar-refractivity contribution in [1.29, 1.82) is 0 Å². The van der Waals surface area contributed by atoms with Gasteiger partial charge in [0.15, 0.2) is 0 Å². The summed E-state index contributed by atoms with van der Waals surface area (Å²) in [4.78, 5) is 6.41. The van der Waals surface area contributed by atoms with Gasteiger partial charge in [0.05, 0.1) is 5.69 Å². The average molecular weight is 306 g/mol. The minimum atomic E-state index is 0.191. The van der Waals surface area contributed by atoms with Crippen LogP contribution < -0.4 is 4.90 Å². The lowest BCUT2D eigenvalue weighted by Crippen LogP contribution is -2.08. The van der Waals surface area contributed by atoms with Crippen LogP contribution in [0.4, 0.5) is 11.4 Å². The second-order valence-corrected chi connectivity index (χ2v) is 5.57. The summed E-state index contributed by atoms with van der Waals surface area (Å²) in [5, 5.41) is 21.5. The van der Waals surface area contributed by atoms with Crippen LogP contribution in [0.15, 0.2) is 59.6 Å². The first kappa shape index (κ1) is 14.9. The second-order valence-electron chi connectivity index (χ2n) is 5.57. The maximum atomic E-state index is 10.2. The number of aliphatic imine (C=N–C) groups is 1. The fraction of sp³-hybridized carbons (Fsp3) is 0.105. The third-order valence-corrected chi connectivity index (χ3v) is 3.73.